The van der Waals surface area contributed by atoms with Crippen molar-refractivity contribution < 1.29 is 9.13 Å². The van der Waals surface area contributed by atoms with Crippen LogP contribution < -0.4 is 9.13 Å². The Balaban J connectivity index is 1.51. The zero-order valence-corrected chi connectivity index (χ0v) is 19.0. The average molecular weight is 437 g/mol. The Bertz CT molecular complexity index is 1080. The van der Waals surface area contributed by atoms with Crippen LogP contribution in [0.2, 0.25) is 0 Å². The van der Waals surface area contributed by atoms with Gasteiger partial charge >= 0.3 is 0 Å². The van der Waals surface area contributed by atoms with E-state index in [1.54, 1.807) is 0 Å². The minimum atomic E-state index is 0.651. The van der Waals surface area contributed by atoms with E-state index in [1.165, 1.54) is 0 Å². The second-order valence-electron chi connectivity index (χ2n) is 8.56. The third-order valence-electron chi connectivity index (χ3n) is 5.82. The summed E-state index contributed by atoms with van der Waals surface area (Å²) in [4.78, 5) is 9.76. The van der Waals surface area contributed by atoms with Crippen LogP contribution in [0.3, 0.4) is 0 Å². The summed E-state index contributed by atoms with van der Waals surface area (Å²) in [7, 11) is 0. The van der Waals surface area contributed by atoms with E-state index < -0.39 is 0 Å². The summed E-state index contributed by atoms with van der Waals surface area (Å²) in [6, 6.07) is 0. The molecule has 10 nitrogen and oxygen atoms in total. The number of unbranched alkanes of at least 4 members (excludes halogenated alkanes) is 2. The fraction of sp³-hybridized carbons (Fsp3) is 0.545. The van der Waals surface area contributed by atoms with Gasteiger partial charge in [-0.25, -0.2) is 37.6 Å². The van der Waals surface area contributed by atoms with Gasteiger partial charge in [-0.2, -0.15) is 10.2 Å². The van der Waals surface area contributed by atoms with Gasteiger partial charge in [-0.1, -0.05) is 26.7 Å². The van der Waals surface area contributed by atoms with E-state index >= 15 is 0 Å². The van der Waals surface area contributed by atoms with Gasteiger partial charge in [0.1, 0.15) is 37.9 Å². The quantitative estimate of drug-likeness (QED) is 0.374. The molecular weight excluding hydrogens is 404 g/mol. The van der Waals surface area contributed by atoms with Gasteiger partial charge in [0.15, 0.2) is 36.4 Å². The molecule has 0 spiro atoms. The molecule has 8 bridgehead atoms. The first-order chi connectivity index (χ1) is 15.7. The van der Waals surface area contributed by atoms with E-state index in [-0.39, 0.29) is 0 Å². The van der Waals surface area contributed by atoms with Crippen LogP contribution in [0.25, 0.3) is 0 Å². The lowest BCUT2D eigenvalue weighted by Gasteiger charge is -2.03. The van der Waals surface area contributed by atoms with Crippen molar-refractivity contribution in [2.24, 2.45) is 0 Å². The number of rotatable bonds is 6. The second-order valence-corrected chi connectivity index (χ2v) is 8.56. The SMILES string of the molecule is CCCCn1nc2nc1Cn1cc[n+](c1)Cc1nc(n(CCCC)n1)Cn1cc[n+](c1)C2. The second kappa shape index (κ2) is 9.05. The number of fused-ring (bicyclic) bond motifs is 8. The highest BCUT2D eigenvalue weighted by Crippen LogP contribution is 2.07. The molecule has 0 atom stereocenters. The van der Waals surface area contributed by atoms with E-state index in [0.717, 1.165) is 62.1 Å². The molecule has 0 amide bonds. The minimum Gasteiger partial charge on any atom is -0.246 e. The predicted octanol–water partition coefficient (Wildman–Crippen LogP) is 1.15. The molecule has 0 aliphatic carbocycles. The van der Waals surface area contributed by atoms with Crippen LogP contribution >= 0.6 is 0 Å². The van der Waals surface area contributed by atoms with Gasteiger partial charge in [0, 0.05) is 13.1 Å². The molecule has 0 saturated carbocycles. The van der Waals surface area contributed by atoms with Gasteiger partial charge in [-0.15, -0.1) is 0 Å². The van der Waals surface area contributed by atoms with Gasteiger partial charge in [-0.05, 0) is 12.8 Å². The molecule has 168 valence electrons. The van der Waals surface area contributed by atoms with Crippen molar-refractivity contribution >= 4 is 0 Å². The average Bonchev–Trinajstić information content (AvgIpc) is 3.55. The van der Waals surface area contributed by atoms with Crippen LogP contribution in [0.15, 0.2) is 37.4 Å². The van der Waals surface area contributed by atoms with Crippen molar-refractivity contribution in [3.05, 3.63) is 60.7 Å². The van der Waals surface area contributed by atoms with E-state index in [0.29, 0.717) is 26.2 Å². The molecule has 1 aliphatic rings. The zero-order valence-electron chi connectivity index (χ0n) is 19.0. The molecule has 5 heterocycles. The Kier molecular flexibility index (Phi) is 5.83. The first kappa shape index (κ1) is 20.6. The summed E-state index contributed by atoms with van der Waals surface area (Å²) in [5.74, 6) is 3.68. The topological polar surface area (TPSA) is 79.0 Å². The Labute approximate surface area is 187 Å². The van der Waals surface area contributed by atoms with Crippen LogP contribution in [0, 0.1) is 0 Å². The molecule has 0 fully saturated rings. The number of aromatic nitrogens is 10. The van der Waals surface area contributed by atoms with Crippen LogP contribution in [0.5, 0.6) is 0 Å². The summed E-state index contributed by atoms with van der Waals surface area (Å²) in [6.07, 6.45) is 17.0. The molecule has 0 unspecified atom stereocenters. The first-order valence-corrected chi connectivity index (χ1v) is 11.6. The molecule has 32 heavy (non-hydrogen) atoms. The van der Waals surface area contributed by atoms with Crippen molar-refractivity contribution in [2.45, 2.75) is 78.8 Å². The number of imidazole rings is 2. The van der Waals surface area contributed by atoms with E-state index in [4.69, 9.17) is 20.2 Å². The highest BCUT2D eigenvalue weighted by molar-refractivity contribution is 4.96. The summed E-state index contributed by atoms with van der Waals surface area (Å²) >= 11 is 0. The van der Waals surface area contributed by atoms with Gasteiger partial charge < -0.3 is 0 Å². The lowest BCUT2D eigenvalue weighted by molar-refractivity contribution is -0.688. The Morgan fingerprint density at radius 3 is 1.66 bits per heavy atom. The maximum atomic E-state index is 4.88. The normalized spacial score (nSPS) is 13.6. The maximum absolute atomic E-state index is 4.88. The molecule has 1 aliphatic heterocycles. The third-order valence-corrected chi connectivity index (χ3v) is 5.82. The first-order valence-electron chi connectivity index (χ1n) is 11.6. The van der Waals surface area contributed by atoms with Crippen molar-refractivity contribution in [3.63, 3.8) is 0 Å². The van der Waals surface area contributed by atoms with E-state index in [9.17, 15) is 0 Å². The Hall–Kier alpha value is -3.30. The minimum absolute atomic E-state index is 0.651. The highest BCUT2D eigenvalue weighted by Gasteiger charge is 2.19. The smallest absolute Gasteiger partial charge is 0.244 e. The monoisotopic (exact) mass is 436 g/mol. The van der Waals surface area contributed by atoms with Crippen LogP contribution in [0.1, 0.15) is 62.8 Å². The Morgan fingerprint density at radius 2 is 1.22 bits per heavy atom. The van der Waals surface area contributed by atoms with Crippen molar-refractivity contribution in [3.8, 4) is 0 Å². The molecule has 5 rings (SSSR count). The fourth-order valence-corrected chi connectivity index (χ4v) is 4.10. The van der Waals surface area contributed by atoms with Crippen LogP contribution in [-0.2, 0) is 39.3 Å². The lowest BCUT2D eigenvalue weighted by Crippen LogP contribution is -2.32. The van der Waals surface area contributed by atoms with Crippen LogP contribution in [-0.4, -0.2) is 38.7 Å². The van der Waals surface area contributed by atoms with E-state index in [2.05, 4.69) is 78.9 Å². The predicted molar refractivity (Wildman–Crippen MR) is 116 cm³/mol. The summed E-state index contributed by atoms with van der Waals surface area (Å²) in [6.45, 7) is 8.89. The van der Waals surface area contributed by atoms with Crippen LogP contribution in [0.4, 0.5) is 0 Å². The molecule has 0 saturated heterocycles. The number of aryl methyl sites for hydroxylation is 2. The molecule has 0 aromatic carbocycles. The van der Waals surface area contributed by atoms with Gasteiger partial charge in [0.2, 0.25) is 12.7 Å². The van der Waals surface area contributed by atoms with Gasteiger partial charge in [-0.3, -0.25) is 0 Å². The lowest BCUT2D eigenvalue weighted by atomic mass is 10.3. The third kappa shape index (κ3) is 4.49. The zero-order chi connectivity index (χ0) is 21.9. The number of hydrogen-bond donors (Lipinski definition) is 0. The number of hydrogen-bond acceptors (Lipinski definition) is 4. The molecule has 10 heteroatoms. The van der Waals surface area contributed by atoms with Crippen molar-refractivity contribution in [2.75, 3.05) is 0 Å². The highest BCUT2D eigenvalue weighted by atomic mass is 15.4. The molecule has 4 aromatic rings. The molecule has 0 N–H and O–H groups in total. The maximum Gasteiger partial charge on any atom is 0.244 e. The van der Waals surface area contributed by atoms with Crippen molar-refractivity contribution in [1.29, 1.82) is 0 Å². The standard InChI is InChI=1S/C22H32N10/c1-3-5-7-31-21-15-29-11-9-28(17-29)14-20-24-22(32(26-20)8-6-4-2)16-30-12-10-27(18-30)13-19(23-21)25-31/h9-12,17-18H,3-8,13-16H2,1-2H3/q+2. The van der Waals surface area contributed by atoms with E-state index in [1.807, 2.05) is 0 Å². The summed E-state index contributed by atoms with van der Waals surface area (Å²) < 4.78 is 12.7. The molecule has 4 aromatic heterocycles. The summed E-state index contributed by atoms with van der Waals surface area (Å²) in [5, 5.41) is 9.64. The Morgan fingerprint density at radius 1 is 0.750 bits per heavy atom. The number of nitrogens with zero attached hydrogens (tertiary/aromatic N) is 10. The largest absolute Gasteiger partial charge is 0.246 e. The summed E-state index contributed by atoms with van der Waals surface area (Å²) in [5.41, 5.74) is 0. The van der Waals surface area contributed by atoms with Gasteiger partial charge in [0.05, 0.1) is 0 Å². The fourth-order valence-electron chi connectivity index (χ4n) is 4.10. The van der Waals surface area contributed by atoms with Gasteiger partial charge in [0.25, 0.3) is 0 Å². The van der Waals surface area contributed by atoms with Crippen molar-refractivity contribution in [1.82, 2.24) is 38.7 Å². The molecule has 0 radical (unpaired) electrons. The molecular formula is C22H32N10+2.